The molecule has 0 aromatic carbocycles. The molecule has 2 bridgehead atoms. The molecule has 2 nitrogen and oxygen atoms in total. The first kappa shape index (κ1) is 10.2. The Morgan fingerprint density at radius 2 is 1.42 bits per heavy atom. The SMILES string of the molecule is F[N+]12CC[N+](CCl)(CC1)CC2.[F-]. The van der Waals surface area contributed by atoms with Crippen LogP contribution in [0.4, 0.5) is 4.48 Å². The Kier molecular flexibility index (Phi) is 2.61. The van der Waals surface area contributed by atoms with E-state index in [1.54, 1.807) is 0 Å². The largest absolute Gasteiger partial charge is 1.00 e. The summed E-state index contributed by atoms with van der Waals surface area (Å²) in [5.41, 5.74) is 0. The zero-order valence-electron chi connectivity index (χ0n) is 6.98. The summed E-state index contributed by atoms with van der Waals surface area (Å²) < 4.78 is 14.3. The summed E-state index contributed by atoms with van der Waals surface area (Å²) in [6, 6.07) is 0.667. The fraction of sp³-hybridized carbons (Fsp3) is 1.00. The molecule has 0 radical (unpaired) electrons. The van der Waals surface area contributed by atoms with E-state index in [0.717, 1.165) is 24.1 Å². The van der Waals surface area contributed by atoms with Crippen LogP contribution in [-0.2, 0) is 0 Å². The fourth-order valence-corrected chi connectivity index (χ4v) is 2.38. The Balaban J connectivity index is 0.000000720. The van der Waals surface area contributed by atoms with Gasteiger partial charge in [0.2, 0.25) is 0 Å². The number of fused-ring (bicyclic) bond motifs is 3. The van der Waals surface area contributed by atoms with E-state index in [0.29, 0.717) is 25.6 Å². The normalized spacial score (nSPS) is 45.5. The molecule has 0 amide bonds. The molecule has 0 saturated carbocycles. The fourth-order valence-electron chi connectivity index (χ4n) is 2.02. The summed E-state index contributed by atoms with van der Waals surface area (Å²) in [6.45, 7) is 4.81. The van der Waals surface area contributed by atoms with E-state index in [2.05, 4.69) is 0 Å². The van der Waals surface area contributed by atoms with Crippen LogP contribution in [0.25, 0.3) is 0 Å². The second kappa shape index (κ2) is 3.09. The van der Waals surface area contributed by atoms with Gasteiger partial charge in [-0.05, 0) is 4.48 Å². The van der Waals surface area contributed by atoms with Crippen molar-refractivity contribution in [2.75, 3.05) is 45.3 Å². The van der Waals surface area contributed by atoms with Gasteiger partial charge in [-0.25, -0.2) is 0 Å². The molecule has 3 fully saturated rings. The first-order valence-electron chi connectivity index (χ1n) is 4.15. The first-order chi connectivity index (χ1) is 5.18. The van der Waals surface area contributed by atoms with Crippen LogP contribution in [0.1, 0.15) is 0 Å². The number of halogens is 3. The maximum atomic E-state index is 13.5. The van der Waals surface area contributed by atoms with Gasteiger partial charge in [-0.2, -0.15) is 0 Å². The Bertz CT molecular complexity index is 152. The Morgan fingerprint density at radius 3 is 1.75 bits per heavy atom. The van der Waals surface area contributed by atoms with Gasteiger partial charge in [-0.1, -0.05) is 11.6 Å². The molecule has 12 heavy (non-hydrogen) atoms. The van der Waals surface area contributed by atoms with Crippen LogP contribution in [0.15, 0.2) is 0 Å². The van der Waals surface area contributed by atoms with Crippen LogP contribution >= 0.6 is 11.6 Å². The molecule has 0 aromatic heterocycles. The van der Waals surface area contributed by atoms with Crippen LogP contribution in [-0.4, -0.2) is 54.5 Å². The molecule has 3 rings (SSSR count). The number of quaternary nitrogens is 2. The summed E-state index contributed by atoms with van der Waals surface area (Å²) in [5, 5.41) is 0. The van der Waals surface area contributed by atoms with Crippen molar-refractivity contribution in [1.82, 2.24) is 0 Å². The lowest BCUT2D eigenvalue weighted by atomic mass is 10.2. The first-order valence-corrected chi connectivity index (χ1v) is 4.68. The number of alkyl halides is 1. The van der Waals surface area contributed by atoms with Gasteiger partial charge in [-0.3, -0.25) is 4.48 Å². The Morgan fingerprint density at radius 1 is 1.00 bits per heavy atom. The third-order valence-electron chi connectivity index (χ3n) is 3.18. The average molecular weight is 200 g/mol. The van der Waals surface area contributed by atoms with Crippen molar-refractivity contribution in [3.8, 4) is 0 Å². The van der Waals surface area contributed by atoms with E-state index < -0.39 is 0 Å². The minimum Gasteiger partial charge on any atom is -1.00 e. The zero-order chi connectivity index (χ0) is 7.95. The van der Waals surface area contributed by atoms with Gasteiger partial charge >= 0.3 is 0 Å². The molecule has 0 atom stereocenters. The molecule has 0 aromatic rings. The molecule has 0 unspecified atom stereocenters. The van der Waals surface area contributed by atoms with Gasteiger partial charge in [-0.15, -0.1) is 4.71 Å². The summed E-state index contributed by atoms with van der Waals surface area (Å²) in [7, 11) is 0. The summed E-state index contributed by atoms with van der Waals surface area (Å²) in [6.07, 6.45) is 0. The molecule has 72 valence electrons. The quantitative estimate of drug-likeness (QED) is 0.194. The highest BCUT2D eigenvalue weighted by Crippen LogP contribution is 2.27. The predicted octanol–water partition coefficient (Wildman–Crippen LogP) is -2.27. The summed E-state index contributed by atoms with van der Waals surface area (Å²) in [5.74, 6) is 0. The lowest BCUT2D eigenvalue weighted by molar-refractivity contribution is -1.15. The predicted molar refractivity (Wildman–Crippen MR) is 41.6 cm³/mol. The molecule has 0 aliphatic carbocycles. The Labute approximate surface area is 76.0 Å². The van der Waals surface area contributed by atoms with Crippen LogP contribution in [0.2, 0.25) is 0 Å². The summed E-state index contributed by atoms with van der Waals surface area (Å²) in [4.78, 5) is 0. The van der Waals surface area contributed by atoms with Crippen molar-refractivity contribution >= 4 is 11.6 Å². The van der Waals surface area contributed by atoms with E-state index in [-0.39, 0.29) is 9.41 Å². The topological polar surface area (TPSA) is 0 Å². The van der Waals surface area contributed by atoms with E-state index in [1.165, 1.54) is 0 Å². The Hall–Kier alpha value is 0.0700. The average Bonchev–Trinajstić information content (AvgIpc) is 2.07. The van der Waals surface area contributed by atoms with Gasteiger partial charge in [0, 0.05) is 0 Å². The highest BCUT2D eigenvalue weighted by atomic mass is 35.5. The molecular weight excluding hydrogens is 186 g/mol. The van der Waals surface area contributed by atoms with Gasteiger partial charge in [0.25, 0.3) is 0 Å². The van der Waals surface area contributed by atoms with Gasteiger partial charge in [0.15, 0.2) is 25.6 Å². The standard InChI is InChI=1S/C7H14ClFN2.FH/c8-7-10-1-4-11(9,5-2-10)6-3-10;/h1-7H2;1H/q+2;/p-1. The molecule has 0 spiro atoms. The highest BCUT2D eigenvalue weighted by molar-refractivity contribution is 6.16. The third-order valence-corrected chi connectivity index (χ3v) is 3.69. The van der Waals surface area contributed by atoms with Crippen molar-refractivity contribution in [3.05, 3.63) is 0 Å². The molecular formula is C7H14ClF2N2+. The second-order valence-electron chi connectivity index (χ2n) is 3.83. The minimum atomic E-state index is -0.198. The van der Waals surface area contributed by atoms with E-state index in [4.69, 9.17) is 11.6 Å². The highest BCUT2D eigenvalue weighted by Gasteiger charge is 2.50. The van der Waals surface area contributed by atoms with Crippen LogP contribution < -0.4 is 4.70 Å². The number of hydrogen-bond donors (Lipinski definition) is 0. The third kappa shape index (κ3) is 1.43. The smallest absolute Gasteiger partial charge is 0.164 e. The molecule has 3 aliphatic heterocycles. The van der Waals surface area contributed by atoms with Crippen LogP contribution in [0.5, 0.6) is 0 Å². The van der Waals surface area contributed by atoms with E-state index >= 15 is 0 Å². The van der Waals surface area contributed by atoms with Crippen molar-refractivity contribution < 1.29 is 18.4 Å². The number of piperazine rings is 3. The van der Waals surface area contributed by atoms with Gasteiger partial charge < -0.3 is 4.70 Å². The van der Waals surface area contributed by atoms with Crippen molar-refractivity contribution in [2.45, 2.75) is 0 Å². The molecule has 0 N–H and O–H groups in total. The lowest BCUT2D eigenvalue weighted by Gasteiger charge is -2.48. The monoisotopic (exact) mass is 199 g/mol. The number of nitrogens with zero attached hydrogens (tertiary/aromatic N) is 2. The van der Waals surface area contributed by atoms with Crippen molar-refractivity contribution in [3.63, 3.8) is 0 Å². The number of hydrogen-bond acceptors (Lipinski definition) is 0. The van der Waals surface area contributed by atoms with Crippen molar-refractivity contribution in [1.29, 1.82) is 0 Å². The molecule has 3 aliphatic rings. The summed E-state index contributed by atoms with van der Waals surface area (Å²) >= 11 is 5.85. The molecule has 3 saturated heterocycles. The minimum absolute atomic E-state index is 0. The maximum Gasteiger partial charge on any atom is 0.164 e. The lowest BCUT2D eigenvalue weighted by Crippen LogP contribution is -3.00. The molecule has 3 heterocycles. The van der Waals surface area contributed by atoms with Crippen LogP contribution in [0.3, 0.4) is 0 Å². The maximum absolute atomic E-state index is 13.5. The van der Waals surface area contributed by atoms with E-state index in [9.17, 15) is 4.48 Å². The van der Waals surface area contributed by atoms with E-state index in [1.807, 2.05) is 0 Å². The molecule has 5 heteroatoms. The van der Waals surface area contributed by atoms with Crippen molar-refractivity contribution in [2.24, 2.45) is 0 Å². The van der Waals surface area contributed by atoms with Gasteiger partial charge in [0.1, 0.15) is 19.6 Å². The second-order valence-corrected chi connectivity index (χ2v) is 4.07. The number of rotatable bonds is 1. The van der Waals surface area contributed by atoms with Crippen LogP contribution in [0, 0.1) is 0 Å². The van der Waals surface area contributed by atoms with Gasteiger partial charge in [0.05, 0.1) is 0 Å². The zero-order valence-corrected chi connectivity index (χ0v) is 7.73.